The summed E-state index contributed by atoms with van der Waals surface area (Å²) in [6.45, 7) is 2.00. The minimum atomic E-state index is -4.28. The topological polar surface area (TPSA) is 20.2 Å². The summed E-state index contributed by atoms with van der Waals surface area (Å²) in [7, 11) is 0. The highest BCUT2D eigenvalue weighted by atomic mass is 19.4. The minimum Gasteiger partial charge on any atom is -0.393 e. The Morgan fingerprint density at radius 3 is 2.56 bits per heavy atom. The Hall–Kier alpha value is -1.03. The summed E-state index contributed by atoms with van der Waals surface area (Å²) in [5.41, 5.74) is 0.0719. The summed E-state index contributed by atoms with van der Waals surface area (Å²) < 4.78 is 37.4. The molecule has 0 bridgehead atoms. The van der Waals surface area contributed by atoms with E-state index >= 15 is 0 Å². The first-order chi connectivity index (χ1) is 8.43. The van der Waals surface area contributed by atoms with Gasteiger partial charge in [-0.1, -0.05) is 31.5 Å². The molecule has 0 aliphatic rings. The molecule has 102 valence electrons. The Labute approximate surface area is 106 Å². The summed E-state index contributed by atoms with van der Waals surface area (Å²) >= 11 is 0. The number of hydrogen-bond donors (Lipinski definition) is 1. The number of halogens is 3. The van der Waals surface area contributed by atoms with Crippen molar-refractivity contribution in [1.82, 2.24) is 0 Å². The summed E-state index contributed by atoms with van der Waals surface area (Å²) in [5.74, 6) is 0. The van der Waals surface area contributed by atoms with Crippen LogP contribution in [0.5, 0.6) is 0 Å². The number of aryl methyl sites for hydroxylation is 1. The van der Waals surface area contributed by atoms with Gasteiger partial charge in [0.2, 0.25) is 0 Å². The van der Waals surface area contributed by atoms with Gasteiger partial charge in [-0.25, -0.2) is 0 Å². The molecule has 0 aliphatic carbocycles. The molecule has 1 atom stereocenters. The number of aliphatic hydroxyl groups excluding tert-OH is 1. The van der Waals surface area contributed by atoms with Gasteiger partial charge in [-0.15, -0.1) is 0 Å². The van der Waals surface area contributed by atoms with Crippen LogP contribution in [0.4, 0.5) is 13.2 Å². The van der Waals surface area contributed by atoms with Crippen molar-refractivity contribution in [2.24, 2.45) is 0 Å². The number of benzene rings is 1. The minimum absolute atomic E-state index is 0.333. The van der Waals surface area contributed by atoms with Crippen LogP contribution in [0.25, 0.3) is 0 Å². The van der Waals surface area contributed by atoms with E-state index in [4.69, 9.17) is 0 Å². The Morgan fingerprint density at radius 1 is 1.22 bits per heavy atom. The van der Waals surface area contributed by atoms with E-state index in [9.17, 15) is 18.3 Å². The van der Waals surface area contributed by atoms with Crippen LogP contribution in [-0.4, -0.2) is 11.2 Å². The number of aliphatic hydroxyl groups is 1. The molecule has 1 aromatic rings. The lowest BCUT2D eigenvalue weighted by atomic mass is 10.0. The lowest BCUT2D eigenvalue weighted by Crippen LogP contribution is -2.07. The lowest BCUT2D eigenvalue weighted by Gasteiger charge is -2.10. The Kier molecular flexibility index (Phi) is 5.66. The maximum absolute atomic E-state index is 12.5. The normalized spacial score (nSPS) is 13.6. The SMILES string of the molecule is CCCC(O)CCCc1cccc(C(F)(F)F)c1. The molecule has 18 heavy (non-hydrogen) atoms. The average molecular weight is 260 g/mol. The van der Waals surface area contributed by atoms with Crippen LogP contribution >= 0.6 is 0 Å². The molecule has 0 amide bonds. The van der Waals surface area contributed by atoms with E-state index < -0.39 is 11.7 Å². The third-order valence-electron chi connectivity index (χ3n) is 2.88. The maximum Gasteiger partial charge on any atom is 0.416 e. The summed E-state index contributed by atoms with van der Waals surface area (Å²) in [5, 5.41) is 9.53. The van der Waals surface area contributed by atoms with Gasteiger partial charge >= 0.3 is 6.18 Å². The highest BCUT2D eigenvalue weighted by Crippen LogP contribution is 2.29. The summed E-state index contributed by atoms with van der Waals surface area (Å²) in [6, 6.07) is 5.39. The zero-order chi connectivity index (χ0) is 13.6. The zero-order valence-corrected chi connectivity index (χ0v) is 10.5. The van der Waals surface area contributed by atoms with Crippen molar-refractivity contribution in [3.63, 3.8) is 0 Å². The second-order valence-corrected chi connectivity index (χ2v) is 4.53. The van der Waals surface area contributed by atoms with E-state index in [0.717, 1.165) is 18.9 Å². The Bertz CT molecular complexity index is 360. The van der Waals surface area contributed by atoms with Crippen molar-refractivity contribution >= 4 is 0 Å². The van der Waals surface area contributed by atoms with Crippen molar-refractivity contribution in [3.8, 4) is 0 Å². The van der Waals surface area contributed by atoms with Crippen molar-refractivity contribution in [2.75, 3.05) is 0 Å². The molecule has 4 heteroatoms. The van der Waals surface area contributed by atoms with Crippen molar-refractivity contribution < 1.29 is 18.3 Å². The van der Waals surface area contributed by atoms with Crippen LogP contribution < -0.4 is 0 Å². The average Bonchev–Trinajstić information content (AvgIpc) is 2.29. The Morgan fingerprint density at radius 2 is 1.94 bits per heavy atom. The van der Waals surface area contributed by atoms with Gasteiger partial charge in [0.05, 0.1) is 11.7 Å². The van der Waals surface area contributed by atoms with Gasteiger partial charge in [-0.3, -0.25) is 0 Å². The molecular weight excluding hydrogens is 241 g/mol. The molecule has 0 radical (unpaired) electrons. The van der Waals surface area contributed by atoms with Crippen molar-refractivity contribution in [3.05, 3.63) is 35.4 Å². The van der Waals surface area contributed by atoms with Crippen molar-refractivity contribution in [2.45, 2.75) is 51.3 Å². The van der Waals surface area contributed by atoms with Gasteiger partial charge in [0, 0.05) is 0 Å². The molecule has 0 saturated heterocycles. The molecule has 1 rings (SSSR count). The zero-order valence-electron chi connectivity index (χ0n) is 10.5. The summed E-state index contributed by atoms with van der Waals surface area (Å²) in [6.07, 6.45) is -1.01. The number of rotatable bonds is 6. The van der Waals surface area contributed by atoms with Gasteiger partial charge in [0.25, 0.3) is 0 Å². The van der Waals surface area contributed by atoms with Crippen molar-refractivity contribution in [1.29, 1.82) is 0 Å². The van der Waals surface area contributed by atoms with Gasteiger partial charge in [-0.2, -0.15) is 13.2 Å². The van der Waals surface area contributed by atoms with E-state index in [-0.39, 0.29) is 6.10 Å². The van der Waals surface area contributed by atoms with Crippen LogP contribution in [-0.2, 0) is 12.6 Å². The fourth-order valence-electron chi connectivity index (χ4n) is 1.92. The van der Waals surface area contributed by atoms with Crippen LogP contribution in [0.2, 0.25) is 0 Å². The highest BCUT2D eigenvalue weighted by molar-refractivity contribution is 5.25. The van der Waals surface area contributed by atoms with Crippen LogP contribution in [0.3, 0.4) is 0 Å². The van der Waals surface area contributed by atoms with E-state index in [1.54, 1.807) is 6.07 Å². The smallest absolute Gasteiger partial charge is 0.393 e. The molecule has 1 unspecified atom stereocenters. The van der Waals surface area contributed by atoms with E-state index in [1.165, 1.54) is 12.1 Å². The molecule has 1 N–H and O–H groups in total. The third kappa shape index (κ3) is 5.08. The predicted molar refractivity (Wildman–Crippen MR) is 65.3 cm³/mol. The fourth-order valence-corrected chi connectivity index (χ4v) is 1.92. The largest absolute Gasteiger partial charge is 0.416 e. The van der Waals surface area contributed by atoms with E-state index in [1.807, 2.05) is 6.92 Å². The lowest BCUT2D eigenvalue weighted by molar-refractivity contribution is -0.137. The second-order valence-electron chi connectivity index (χ2n) is 4.53. The molecule has 0 heterocycles. The molecule has 1 nitrogen and oxygen atoms in total. The third-order valence-corrected chi connectivity index (χ3v) is 2.88. The monoisotopic (exact) mass is 260 g/mol. The first-order valence-corrected chi connectivity index (χ1v) is 6.27. The molecule has 0 spiro atoms. The fraction of sp³-hybridized carbons (Fsp3) is 0.571. The first-order valence-electron chi connectivity index (χ1n) is 6.27. The van der Waals surface area contributed by atoms with Crippen LogP contribution in [0.1, 0.15) is 43.7 Å². The quantitative estimate of drug-likeness (QED) is 0.813. The maximum atomic E-state index is 12.5. The second kappa shape index (κ2) is 6.78. The van der Waals surface area contributed by atoms with Gasteiger partial charge in [0.1, 0.15) is 0 Å². The van der Waals surface area contributed by atoms with Gasteiger partial charge in [-0.05, 0) is 37.3 Å². The van der Waals surface area contributed by atoms with E-state index in [2.05, 4.69) is 0 Å². The summed E-state index contributed by atoms with van der Waals surface area (Å²) in [4.78, 5) is 0. The van der Waals surface area contributed by atoms with Crippen LogP contribution in [0.15, 0.2) is 24.3 Å². The molecule has 0 fully saturated rings. The molecule has 1 aromatic carbocycles. The number of alkyl halides is 3. The molecule has 0 aliphatic heterocycles. The highest BCUT2D eigenvalue weighted by Gasteiger charge is 2.30. The molecule has 0 aromatic heterocycles. The molecular formula is C14H19F3O. The molecule has 0 saturated carbocycles. The predicted octanol–water partition coefficient (Wildman–Crippen LogP) is 4.19. The van der Waals surface area contributed by atoms with Gasteiger partial charge < -0.3 is 5.11 Å². The number of hydrogen-bond acceptors (Lipinski definition) is 1. The standard InChI is InChI=1S/C14H19F3O/c1-2-5-13(18)9-4-7-11-6-3-8-12(10-11)14(15,16)17/h3,6,8,10,13,18H,2,4-5,7,9H2,1H3. The van der Waals surface area contributed by atoms with Crippen LogP contribution in [0, 0.1) is 0 Å². The van der Waals surface area contributed by atoms with E-state index in [0.29, 0.717) is 24.8 Å². The first kappa shape index (κ1) is 15.0. The Balaban J connectivity index is 2.48. The van der Waals surface area contributed by atoms with Gasteiger partial charge in [0.15, 0.2) is 0 Å².